The second kappa shape index (κ2) is 8.48. The van der Waals surface area contributed by atoms with Crippen LogP contribution in [0.5, 0.6) is 11.5 Å². The Bertz CT molecular complexity index is 950. The van der Waals surface area contributed by atoms with Crippen LogP contribution >= 0.6 is 23.3 Å². The zero-order valence-corrected chi connectivity index (χ0v) is 17.8. The summed E-state index contributed by atoms with van der Waals surface area (Å²) in [4.78, 5) is 4.48. The molecule has 9 heteroatoms. The molecule has 0 bridgehead atoms. The van der Waals surface area contributed by atoms with E-state index in [9.17, 15) is 0 Å². The Morgan fingerprint density at radius 1 is 1.07 bits per heavy atom. The number of hydrogen-bond acceptors (Lipinski definition) is 8. The molecular formula is C19H23N5O2S2. The molecule has 1 aliphatic carbocycles. The summed E-state index contributed by atoms with van der Waals surface area (Å²) in [5, 5.41) is 9.93. The number of aromatic nitrogens is 5. The van der Waals surface area contributed by atoms with Gasteiger partial charge in [-0.05, 0) is 61.3 Å². The Kier molecular flexibility index (Phi) is 5.82. The quantitative estimate of drug-likeness (QED) is 0.571. The van der Waals surface area contributed by atoms with Crippen LogP contribution in [0.25, 0.3) is 11.4 Å². The van der Waals surface area contributed by atoms with E-state index in [4.69, 9.17) is 9.47 Å². The maximum Gasteiger partial charge on any atom is 0.198 e. The molecule has 1 aliphatic rings. The first-order chi connectivity index (χ1) is 13.7. The first-order valence-electron chi connectivity index (χ1n) is 9.35. The first-order valence-corrected chi connectivity index (χ1v) is 10.9. The lowest BCUT2D eigenvalue weighted by Crippen LogP contribution is -2.15. The van der Waals surface area contributed by atoms with Crippen molar-refractivity contribution in [1.82, 2.24) is 24.1 Å². The zero-order valence-electron chi connectivity index (χ0n) is 16.2. The summed E-state index contributed by atoms with van der Waals surface area (Å²) in [5.41, 5.74) is 0.969. The highest BCUT2D eigenvalue weighted by Crippen LogP contribution is 2.39. The summed E-state index contributed by atoms with van der Waals surface area (Å²) in [6, 6.07) is 6.28. The SMILES string of the molecule is COc1ccc(-c2nnc(Sc3nc(C)ns3)n2C2CCCCC2)cc1OC. The van der Waals surface area contributed by atoms with Crippen LogP contribution in [-0.4, -0.2) is 38.3 Å². The summed E-state index contributed by atoms with van der Waals surface area (Å²) in [7, 11) is 3.29. The van der Waals surface area contributed by atoms with Crippen molar-refractivity contribution in [3.05, 3.63) is 24.0 Å². The van der Waals surface area contributed by atoms with Crippen molar-refractivity contribution >= 4 is 23.3 Å². The monoisotopic (exact) mass is 417 g/mol. The second-order valence-corrected chi connectivity index (χ2v) is 8.71. The molecule has 2 heterocycles. The maximum absolute atomic E-state index is 5.48. The van der Waals surface area contributed by atoms with Crippen molar-refractivity contribution in [3.8, 4) is 22.9 Å². The standard InChI is InChI=1S/C19H23N5O2S2/c1-12-20-19(28-23-12)27-18-22-21-17(24(18)14-7-5-4-6-8-14)13-9-10-15(25-2)16(11-13)26-3/h9-11,14H,4-8H2,1-3H3. The van der Waals surface area contributed by atoms with Gasteiger partial charge in [0.1, 0.15) is 5.82 Å². The molecule has 0 N–H and O–H groups in total. The smallest absolute Gasteiger partial charge is 0.198 e. The third-order valence-corrected chi connectivity index (χ3v) is 6.74. The lowest BCUT2D eigenvalue weighted by Gasteiger charge is -2.25. The highest BCUT2D eigenvalue weighted by atomic mass is 32.2. The predicted octanol–water partition coefficient (Wildman–Crippen LogP) is 4.78. The topological polar surface area (TPSA) is 75.0 Å². The minimum Gasteiger partial charge on any atom is -0.493 e. The molecule has 0 spiro atoms. The molecular weight excluding hydrogens is 394 g/mol. The number of methoxy groups -OCH3 is 2. The lowest BCUT2D eigenvalue weighted by molar-refractivity contribution is 0.339. The van der Waals surface area contributed by atoms with E-state index in [0.29, 0.717) is 17.5 Å². The summed E-state index contributed by atoms with van der Waals surface area (Å²) in [5.74, 6) is 3.04. The average molecular weight is 418 g/mol. The van der Waals surface area contributed by atoms with Crippen LogP contribution in [0.2, 0.25) is 0 Å². The fraction of sp³-hybridized carbons (Fsp3) is 0.474. The van der Waals surface area contributed by atoms with Gasteiger partial charge >= 0.3 is 0 Å². The van der Waals surface area contributed by atoms with Crippen LogP contribution in [0.1, 0.15) is 44.0 Å². The number of ether oxygens (including phenoxy) is 2. The van der Waals surface area contributed by atoms with Gasteiger partial charge in [-0.2, -0.15) is 4.37 Å². The number of nitrogens with zero attached hydrogens (tertiary/aromatic N) is 5. The molecule has 3 aromatic rings. The molecule has 2 aromatic heterocycles. The van der Waals surface area contributed by atoms with Crippen LogP contribution in [-0.2, 0) is 0 Å². The Balaban J connectivity index is 1.76. The van der Waals surface area contributed by atoms with Crippen molar-refractivity contribution in [2.45, 2.75) is 54.6 Å². The van der Waals surface area contributed by atoms with Crippen LogP contribution < -0.4 is 9.47 Å². The average Bonchev–Trinajstić information content (AvgIpc) is 3.34. The Labute approximate surface area is 172 Å². The third kappa shape index (κ3) is 3.86. The van der Waals surface area contributed by atoms with Gasteiger partial charge in [-0.3, -0.25) is 4.57 Å². The fourth-order valence-corrected chi connectivity index (χ4v) is 5.24. The van der Waals surface area contributed by atoms with Gasteiger partial charge in [-0.25, -0.2) is 4.98 Å². The van der Waals surface area contributed by atoms with Crippen molar-refractivity contribution < 1.29 is 9.47 Å². The van der Waals surface area contributed by atoms with E-state index in [1.165, 1.54) is 30.8 Å². The number of benzene rings is 1. The van der Waals surface area contributed by atoms with Crippen molar-refractivity contribution in [2.75, 3.05) is 14.2 Å². The van der Waals surface area contributed by atoms with Crippen molar-refractivity contribution in [2.24, 2.45) is 0 Å². The number of rotatable bonds is 6. The summed E-state index contributed by atoms with van der Waals surface area (Å²) in [6.45, 7) is 1.90. The third-order valence-electron chi connectivity index (χ3n) is 4.93. The first kappa shape index (κ1) is 19.2. The van der Waals surface area contributed by atoms with E-state index in [0.717, 1.165) is 39.5 Å². The van der Waals surface area contributed by atoms with E-state index in [2.05, 4.69) is 24.1 Å². The summed E-state index contributed by atoms with van der Waals surface area (Å²) < 4.78 is 18.3. The molecule has 28 heavy (non-hydrogen) atoms. The number of aryl methyl sites for hydroxylation is 1. The Morgan fingerprint density at radius 3 is 2.54 bits per heavy atom. The molecule has 1 aromatic carbocycles. The molecule has 0 atom stereocenters. The minimum atomic E-state index is 0.392. The molecule has 1 saturated carbocycles. The van der Waals surface area contributed by atoms with Crippen LogP contribution in [0.3, 0.4) is 0 Å². The molecule has 4 rings (SSSR count). The van der Waals surface area contributed by atoms with Gasteiger partial charge in [0, 0.05) is 11.6 Å². The van der Waals surface area contributed by atoms with Gasteiger partial charge in [-0.15, -0.1) is 10.2 Å². The highest BCUT2D eigenvalue weighted by Gasteiger charge is 2.25. The highest BCUT2D eigenvalue weighted by molar-refractivity contribution is 8.00. The minimum absolute atomic E-state index is 0.392. The van der Waals surface area contributed by atoms with E-state index in [1.807, 2.05) is 25.1 Å². The summed E-state index contributed by atoms with van der Waals surface area (Å²) in [6.07, 6.45) is 6.04. The molecule has 0 unspecified atom stereocenters. The van der Waals surface area contributed by atoms with Gasteiger partial charge in [0.15, 0.2) is 26.8 Å². The number of hydrogen-bond donors (Lipinski definition) is 0. The van der Waals surface area contributed by atoms with E-state index >= 15 is 0 Å². The van der Waals surface area contributed by atoms with E-state index < -0.39 is 0 Å². The maximum atomic E-state index is 5.48. The van der Waals surface area contributed by atoms with Crippen LogP contribution in [0, 0.1) is 6.92 Å². The Hall–Kier alpha value is -2.13. The van der Waals surface area contributed by atoms with Gasteiger partial charge in [0.05, 0.1) is 14.2 Å². The lowest BCUT2D eigenvalue weighted by atomic mass is 9.95. The molecule has 7 nitrogen and oxygen atoms in total. The molecule has 0 aliphatic heterocycles. The van der Waals surface area contributed by atoms with Crippen LogP contribution in [0.15, 0.2) is 27.7 Å². The molecule has 148 valence electrons. The molecule has 0 amide bonds. The predicted molar refractivity (Wildman–Crippen MR) is 109 cm³/mol. The van der Waals surface area contributed by atoms with Crippen molar-refractivity contribution in [3.63, 3.8) is 0 Å². The largest absolute Gasteiger partial charge is 0.493 e. The molecule has 1 fully saturated rings. The zero-order chi connectivity index (χ0) is 19.5. The van der Waals surface area contributed by atoms with E-state index in [1.54, 1.807) is 26.0 Å². The van der Waals surface area contributed by atoms with Gasteiger partial charge in [0.2, 0.25) is 0 Å². The Morgan fingerprint density at radius 2 is 1.86 bits per heavy atom. The van der Waals surface area contributed by atoms with Gasteiger partial charge < -0.3 is 9.47 Å². The van der Waals surface area contributed by atoms with Gasteiger partial charge in [0.25, 0.3) is 0 Å². The van der Waals surface area contributed by atoms with Crippen LogP contribution in [0.4, 0.5) is 0 Å². The van der Waals surface area contributed by atoms with E-state index in [-0.39, 0.29) is 0 Å². The second-order valence-electron chi connectivity index (χ2n) is 6.75. The van der Waals surface area contributed by atoms with Crippen molar-refractivity contribution in [1.29, 1.82) is 0 Å². The molecule has 0 saturated heterocycles. The van der Waals surface area contributed by atoms with Gasteiger partial charge in [-0.1, -0.05) is 19.3 Å². The summed E-state index contributed by atoms with van der Waals surface area (Å²) >= 11 is 2.94. The molecule has 0 radical (unpaired) electrons. The fourth-order valence-electron chi connectivity index (χ4n) is 3.58. The normalized spacial score (nSPS) is 15.0.